The number of carbonyl (C=O) groups is 1. The zero-order chi connectivity index (χ0) is 19.9. The average molecular weight is 391 g/mol. The molecule has 0 aliphatic rings. The number of benzene rings is 2. The number of rotatable bonds is 9. The van der Waals surface area contributed by atoms with Gasteiger partial charge in [0.05, 0.1) is 18.0 Å². The van der Waals surface area contributed by atoms with E-state index in [9.17, 15) is 13.2 Å². The Balaban J connectivity index is 1.92. The fourth-order valence-electron chi connectivity index (χ4n) is 2.73. The van der Waals surface area contributed by atoms with Crippen LogP contribution in [0.4, 0.5) is 0 Å². The molecule has 2 rings (SSSR count). The molecule has 7 heteroatoms. The van der Waals surface area contributed by atoms with Crippen LogP contribution in [0.15, 0.2) is 53.4 Å². The van der Waals surface area contributed by atoms with E-state index in [2.05, 4.69) is 10.0 Å². The highest BCUT2D eigenvalue weighted by Crippen LogP contribution is 2.20. The van der Waals surface area contributed by atoms with Crippen molar-refractivity contribution in [2.45, 2.75) is 37.1 Å². The Morgan fingerprint density at radius 3 is 2.22 bits per heavy atom. The second-order valence-corrected chi connectivity index (χ2v) is 8.04. The maximum atomic E-state index is 12.3. The van der Waals surface area contributed by atoms with E-state index in [1.54, 1.807) is 31.4 Å². The maximum Gasteiger partial charge on any atom is 0.240 e. The molecule has 146 valence electrons. The third-order valence-corrected chi connectivity index (χ3v) is 5.83. The van der Waals surface area contributed by atoms with Gasteiger partial charge in [0, 0.05) is 6.42 Å². The summed E-state index contributed by atoms with van der Waals surface area (Å²) in [6, 6.07) is 14.2. The van der Waals surface area contributed by atoms with Crippen molar-refractivity contribution < 1.29 is 17.9 Å². The number of sulfonamides is 1. The second kappa shape index (κ2) is 9.53. The molecule has 0 saturated carbocycles. The summed E-state index contributed by atoms with van der Waals surface area (Å²) in [7, 11) is -0.444. The molecule has 0 radical (unpaired) electrons. The molecule has 0 fully saturated rings. The fourth-order valence-corrected chi connectivity index (χ4v) is 3.46. The topological polar surface area (TPSA) is 84.5 Å². The highest BCUT2D eigenvalue weighted by Gasteiger charge is 2.14. The standard InChI is InChI=1S/C20H26N2O4S/c1-4-19(16-8-10-17(26-3)11-9-16)22-20(23)14-7-15-5-12-18(13-6-15)27(24,25)21-2/h5-6,8-13,19,21H,4,7,14H2,1-3H3,(H,22,23). The molecule has 2 aromatic rings. The van der Waals surface area contributed by atoms with Crippen molar-refractivity contribution in [1.29, 1.82) is 0 Å². The van der Waals surface area contributed by atoms with E-state index in [4.69, 9.17) is 4.74 Å². The molecule has 1 amide bonds. The van der Waals surface area contributed by atoms with Crippen molar-refractivity contribution in [3.05, 3.63) is 59.7 Å². The lowest BCUT2D eigenvalue weighted by atomic mass is 10.0. The Bertz CT molecular complexity index is 847. The van der Waals surface area contributed by atoms with Gasteiger partial charge in [0.1, 0.15) is 5.75 Å². The number of carbonyl (C=O) groups excluding carboxylic acids is 1. The second-order valence-electron chi connectivity index (χ2n) is 6.15. The summed E-state index contributed by atoms with van der Waals surface area (Å²) in [5, 5.41) is 3.05. The van der Waals surface area contributed by atoms with E-state index in [1.807, 2.05) is 31.2 Å². The van der Waals surface area contributed by atoms with Crippen LogP contribution in [0.2, 0.25) is 0 Å². The maximum absolute atomic E-state index is 12.3. The lowest BCUT2D eigenvalue weighted by Crippen LogP contribution is -2.28. The van der Waals surface area contributed by atoms with Crippen molar-refractivity contribution >= 4 is 15.9 Å². The van der Waals surface area contributed by atoms with Crippen LogP contribution >= 0.6 is 0 Å². The summed E-state index contributed by atoms with van der Waals surface area (Å²) >= 11 is 0. The molecule has 1 unspecified atom stereocenters. The number of ether oxygens (including phenoxy) is 1. The summed E-state index contributed by atoms with van der Waals surface area (Å²) in [4.78, 5) is 12.5. The fraction of sp³-hybridized carbons (Fsp3) is 0.350. The van der Waals surface area contributed by atoms with Crippen LogP contribution in [0.3, 0.4) is 0 Å². The van der Waals surface area contributed by atoms with Crippen molar-refractivity contribution in [3.63, 3.8) is 0 Å². The largest absolute Gasteiger partial charge is 0.497 e. The van der Waals surface area contributed by atoms with Gasteiger partial charge in [-0.15, -0.1) is 0 Å². The number of hydrogen-bond donors (Lipinski definition) is 2. The zero-order valence-electron chi connectivity index (χ0n) is 15.9. The first-order valence-electron chi connectivity index (χ1n) is 8.85. The van der Waals surface area contributed by atoms with E-state index < -0.39 is 10.0 Å². The Labute approximate surface area is 161 Å². The third kappa shape index (κ3) is 5.80. The average Bonchev–Trinajstić information content (AvgIpc) is 2.71. The first kappa shape index (κ1) is 20.9. The van der Waals surface area contributed by atoms with E-state index in [-0.39, 0.29) is 16.8 Å². The summed E-state index contributed by atoms with van der Waals surface area (Å²) < 4.78 is 30.9. The minimum atomic E-state index is -3.44. The predicted octanol–water partition coefficient (Wildman–Crippen LogP) is 2.80. The van der Waals surface area contributed by atoms with E-state index in [0.717, 1.165) is 23.3 Å². The molecule has 0 heterocycles. The Morgan fingerprint density at radius 2 is 1.70 bits per heavy atom. The van der Waals surface area contributed by atoms with Crippen LogP contribution in [0.25, 0.3) is 0 Å². The van der Waals surface area contributed by atoms with E-state index >= 15 is 0 Å². The van der Waals surface area contributed by atoms with Crippen molar-refractivity contribution in [1.82, 2.24) is 10.0 Å². The van der Waals surface area contributed by atoms with Crippen molar-refractivity contribution in [3.8, 4) is 5.75 Å². The Kier molecular flexibility index (Phi) is 7.38. The van der Waals surface area contributed by atoms with Crippen molar-refractivity contribution in [2.24, 2.45) is 0 Å². The molecule has 2 aromatic carbocycles. The normalized spacial score (nSPS) is 12.4. The zero-order valence-corrected chi connectivity index (χ0v) is 16.7. The van der Waals surface area contributed by atoms with Gasteiger partial charge in [-0.25, -0.2) is 13.1 Å². The molecule has 2 N–H and O–H groups in total. The molecule has 6 nitrogen and oxygen atoms in total. The number of amides is 1. The van der Waals surface area contributed by atoms with Gasteiger partial charge in [-0.1, -0.05) is 31.2 Å². The quantitative estimate of drug-likeness (QED) is 0.690. The van der Waals surface area contributed by atoms with Gasteiger partial charge in [-0.3, -0.25) is 4.79 Å². The molecular weight excluding hydrogens is 364 g/mol. The summed E-state index contributed by atoms with van der Waals surface area (Å²) in [5.41, 5.74) is 1.95. The van der Waals surface area contributed by atoms with Crippen LogP contribution in [0.1, 0.15) is 36.9 Å². The van der Waals surface area contributed by atoms with Gasteiger partial charge in [-0.05, 0) is 55.3 Å². The number of hydrogen-bond acceptors (Lipinski definition) is 4. The molecule has 0 aliphatic carbocycles. The molecule has 27 heavy (non-hydrogen) atoms. The molecule has 0 bridgehead atoms. The van der Waals surface area contributed by atoms with Gasteiger partial charge in [0.2, 0.25) is 15.9 Å². The van der Waals surface area contributed by atoms with Crippen LogP contribution in [0, 0.1) is 0 Å². The van der Waals surface area contributed by atoms with Crippen LogP contribution < -0.4 is 14.8 Å². The number of aryl methyl sites for hydroxylation is 1. The lowest BCUT2D eigenvalue weighted by molar-refractivity contribution is -0.121. The molecule has 0 aliphatic heterocycles. The highest BCUT2D eigenvalue weighted by molar-refractivity contribution is 7.89. The minimum absolute atomic E-state index is 0.0374. The van der Waals surface area contributed by atoms with Gasteiger partial charge >= 0.3 is 0 Å². The van der Waals surface area contributed by atoms with Crippen molar-refractivity contribution in [2.75, 3.05) is 14.2 Å². The first-order chi connectivity index (χ1) is 12.9. The van der Waals surface area contributed by atoms with Gasteiger partial charge in [0.15, 0.2) is 0 Å². The number of nitrogens with one attached hydrogen (secondary N) is 2. The third-order valence-electron chi connectivity index (χ3n) is 4.40. The monoisotopic (exact) mass is 390 g/mol. The highest BCUT2D eigenvalue weighted by atomic mass is 32.2. The number of methoxy groups -OCH3 is 1. The predicted molar refractivity (Wildman–Crippen MR) is 105 cm³/mol. The molecule has 0 spiro atoms. The Morgan fingerprint density at radius 1 is 1.07 bits per heavy atom. The molecule has 0 aromatic heterocycles. The molecular formula is C20H26N2O4S. The van der Waals surface area contributed by atoms with Crippen LogP contribution in [0.5, 0.6) is 5.75 Å². The van der Waals surface area contributed by atoms with Gasteiger partial charge < -0.3 is 10.1 Å². The van der Waals surface area contributed by atoms with Crippen LogP contribution in [-0.4, -0.2) is 28.5 Å². The SMILES string of the molecule is CCC(NC(=O)CCc1ccc(S(=O)(=O)NC)cc1)c1ccc(OC)cc1. The summed E-state index contributed by atoms with van der Waals surface area (Å²) in [5.74, 6) is 0.744. The Hall–Kier alpha value is -2.38. The molecule has 0 saturated heterocycles. The minimum Gasteiger partial charge on any atom is -0.497 e. The summed E-state index contributed by atoms with van der Waals surface area (Å²) in [6.45, 7) is 2.02. The van der Waals surface area contributed by atoms with Gasteiger partial charge in [-0.2, -0.15) is 0 Å². The van der Waals surface area contributed by atoms with E-state index in [0.29, 0.717) is 12.8 Å². The summed E-state index contributed by atoms with van der Waals surface area (Å²) in [6.07, 6.45) is 1.67. The molecule has 1 atom stereocenters. The van der Waals surface area contributed by atoms with Gasteiger partial charge in [0.25, 0.3) is 0 Å². The first-order valence-corrected chi connectivity index (χ1v) is 10.3. The smallest absolute Gasteiger partial charge is 0.240 e. The van der Waals surface area contributed by atoms with Crippen LogP contribution in [-0.2, 0) is 21.2 Å². The van der Waals surface area contributed by atoms with E-state index in [1.165, 1.54) is 7.05 Å². The lowest BCUT2D eigenvalue weighted by Gasteiger charge is -2.18.